The van der Waals surface area contributed by atoms with Crippen molar-refractivity contribution in [1.29, 1.82) is 0 Å². The minimum absolute atomic E-state index is 0.111. The number of carbonyl (C=O) groups excluding carboxylic acids is 1. The van der Waals surface area contributed by atoms with Gasteiger partial charge in [-0.3, -0.25) is 0 Å². The van der Waals surface area contributed by atoms with Crippen LogP contribution in [0.2, 0.25) is 0 Å². The molecule has 0 saturated carbocycles. The third-order valence-electron chi connectivity index (χ3n) is 1.48. The summed E-state index contributed by atoms with van der Waals surface area (Å²) in [5.41, 5.74) is -0.285. The number of pyridine rings is 1. The minimum atomic E-state index is -0.897. The number of halogens is 1. The largest absolute Gasteiger partial charge is 0.496 e. The van der Waals surface area contributed by atoms with Crippen LogP contribution >= 0.6 is 0 Å². The van der Waals surface area contributed by atoms with Crippen LogP contribution in [0, 0.1) is 5.95 Å². The number of nitrogens with zero attached hydrogens (tertiary/aromatic N) is 1. The Kier molecular flexibility index (Phi) is 2.79. The summed E-state index contributed by atoms with van der Waals surface area (Å²) in [6, 6.07) is 1.38. The molecule has 0 aliphatic heterocycles. The summed E-state index contributed by atoms with van der Waals surface area (Å²) in [6.07, 6.45) is 1.21. The summed E-state index contributed by atoms with van der Waals surface area (Å²) in [7, 11) is 2.50. The topological polar surface area (TPSA) is 48.4 Å². The highest BCUT2D eigenvalue weighted by molar-refractivity contribution is 5.92. The summed E-state index contributed by atoms with van der Waals surface area (Å²) in [5.74, 6) is -1.59. The van der Waals surface area contributed by atoms with E-state index in [-0.39, 0.29) is 11.3 Å². The van der Waals surface area contributed by atoms with E-state index in [4.69, 9.17) is 4.74 Å². The molecule has 0 saturated heterocycles. The molecule has 1 aromatic heterocycles. The average Bonchev–Trinajstić information content (AvgIpc) is 2.16. The van der Waals surface area contributed by atoms with E-state index in [1.807, 2.05) is 0 Å². The molecular formula is C8H8FNO3. The van der Waals surface area contributed by atoms with Crippen molar-refractivity contribution in [2.45, 2.75) is 0 Å². The normalized spacial score (nSPS) is 9.46. The highest BCUT2D eigenvalue weighted by Gasteiger charge is 2.18. The fourth-order valence-electron chi connectivity index (χ4n) is 0.877. The Balaban J connectivity index is 3.22. The van der Waals surface area contributed by atoms with Gasteiger partial charge in [-0.1, -0.05) is 0 Å². The van der Waals surface area contributed by atoms with Crippen molar-refractivity contribution < 1.29 is 18.7 Å². The predicted octanol–water partition coefficient (Wildman–Crippen LogP) is 1.02. The lowest BCUT2D eigenvalue weighted by atomic mass is 10.2. The SMILES string of the molecule is COC(=O)c1c(OC)ccnc1F. The number of rotatable bonds is 2. The van der Waals surface area contributed by atoms with E-state index in [1.165, 1.54) is 19.4 Å². The number of carbonyl (C=O) groups is 1. The molecule has 0 atom stereocenters. The Bertz CT molecular complexity index is 327. The van der Waals surface area contributed by atoms with Crippen LogP contribution in [0.15, 0.2) is 12.3 Å². The second kappa shape index (κ2) is 3.84. The zero-order valence-corrected chi connectivity index (χ0v) is 7.20. The Morgan fingerprint density at radius 1 is 1.54 bits per heavy atom. The fourth-order valence-corrected chi connectivity index (χ4v) is 0.877. The zero-order chi connectivity index (χ0) is 9.84. The lowest BCUT2D eigenvalue weighted by Gasteiger charge is -2.05. The number of methoxy groups -OCH3 is 2. The molecule has 1 rings (SSSR count). The molecule has 0 aliphatic rings. The van der Waals surface area contributed by atoms with Crippen LogP contribution < -0.4 is 4.74 Å². The van der Waals surface area contributed by atoms with Gasteiger partial charge in [-0.25, -0.2) is 9.78 Å². The first-order chi connectivity index (χ1) is 6.20. The van der Waals surface area contributed by atoms with Gasteiger partial charge in [-0.15, -0.1) is 0 Å². The van der Waals surface area contributed by atoms with E-state index in [0.717, 1.165) is 7.11 Å². The van der Waals surface area contributed by atoms with E-state index in [1.54, 1.807) is 0 Å². The van der Waals surface area contributed by atoms with Gasteiger partial charge in [0.2, 0.25) is 5.95 Å². The van der Waals surface area contributed by atoms with Crippen LogP contribution in [0.5, 0.6) is 5.75 Å². The molecule has 1 heterocycles. The zero-order valence-electron chi connectivity index (χ0n) is 7.20. The Hall–Kier alpha value is -1.65. The second-order valence-corrected chi connectivity index (χ2v) is 2.17. The Labute approximate surface area is 74.3 Å². The molecule has 70 valence electrons. The Morgan fingerprint density at radius 2 is 2.23 bits per heavy atom. The van der Waals surface area contributed by atoms with Gasteiger partial charge in [-0.2, -0.15) is 4.39 Å². The molecular weight excluding hydrogens is 177 g/mol. The summed E-state index contributed by atoms with van der Waals surface area (Å²) in [6.45, 7) is 0. The van der Waals surface area contributed by atoms with Crippen molar-refractivity contribution in [2.75, 3.05) is 14.2 Å². The van der Waals surface area contributed by atoms with E-state index in [9.17, 15) is 9.18 Å². The van der Waals surface area contributed by atoms with Crippen LogP contribution in [0.3, 0.4) is 0 Å². The number of ether oxygens (including phenoxy) is 2. The molecule has 4 nitrogen and oxygen atoms in total. The summed E-state index contributed by atoms with van der Waals surface area (Å²) >= 11 is 0. The first-order valence-corrected chi connectivity index (χ1v) is 3.47. The summed E-state index contributed by atoms with van der Waals surface area (Å²) in [4.78, 5) is 14.3. The predicted molar refractivity (Wildman–Crippen MR) is 42.1 cm³/mol. The maximum absolute atomic E-state index is 13.0. The maximum Gasteiger partial charge on any atom is 0.346 e. The third-order valence-corrected chi connectivity index (χ3v) is 1.48. The van der Waals surface area contributed by atoms with Crippen LogP contribution in [0.25, 0.3) is 0 Å². The smallest absolute Gasteiger partial charge is 0.346 e. The van der Waals surface area contributed by atoms with Gasteiger partial charge in [0.1, 0.15) is 5.75 Å². The molecule has 0 aliphatic carbocycles. The first kappa shape index (κ1) is 9.44. The maximum atomic E-state index is 13.0. The average molecular weight is 185 g/mol. The van der Waals surface area contributed by atoms with Gasteiger partial charge >= 0.3 is 5.97 Å². The molecule has 0 unspecified atom stereocenters. The van der Waals surface area contributed by atoms with Crippen molar-refractivity contribution in [1.82, 2.24) is 4.98 Å². The third kappa shape index (κ3) is 1.74. The molecule has 0 N–H and O–H groups in total. The molecule has 0 spiro atoms. The number of aromatic nitrogens is 1. The van der Waals surface area contributed by atoms with Crippen molar-refractivity contribution in [2.24, 2.45) is 0 Å². The summed E-state index contributed by atoms with van der Waals surface area (Å²) in [5, 5.41) is 0. The number of hydrogen-bond donors (Lipinski definition) is 0. The molecule has 0 aromatic carbocycles. The van der Waals surface area contributed by atoms with Gasteiger partial charge in [-0.05, 0) is 6.07 Å². The molecule has 0 fully saturated rings. The standard InChI is InChI=1S/C8H8FNO3/c1-12-5-3-4-10-7(9)6(5)8(11)13-2/h3-4H,1-2H3. The van der Waals surface area contributed by atoms with Crippen molar-refractivity contribution in [3.63, 3.8) is 0 Å². The molecule has 13 heavy (non-hydrogen) atoms. The van der Waals surface area contributed by atoms with Gasteiger partial charge < -0.3 is 9.47 Å². The van der Waals surface area contributed by atoms with Gasteiger partial charge in [0.15, 0.2) is 5.56 Å². The van der Waals surface area contributed by atoms with Crippen LogP contribution in [0.1, 0.15) is 10.4 Å². The highest BCUT2D eigenvalue weighted by Crippen LogP contribution is 2.19. The highest BCUT2D eigenvalue weighted by atomic mass is 19.1. The monoisotopic (exact) mass is 185 g/mol. The number of hydrogen-bond acceptors (Lipinski definition) is 4. The van der Waals surface area contributed by atoms with Crippen molar-refractivity contribution >= 4 is 5.97 Å². The van der Waals surface area contributed by atoms with Crippen LogP contribution in [-0.2, 0) is 4.74 Å². The molecule has 0 bridgehead atoms. The van der Waals surface area contributed by atoms with E-state index >= 15 is 0 Å². The van der Waals surface area contributed by atoms with Gasteiger partial charge in [0.25, 0.3) is 0 Å². The van der Waals surface area contributed by atoms with E-state index < -0.39 is 11.9 Å². The summed E-state index contributed by atoms with van der Waals surface area (Å²) < 4.78 is 22.1. The quantitative estimate of drug-likeness (QED) is 0.509. The second-order valence-electron chi connectivity index (χ2n) is 2.17. The first-order valence-electron chi connectivity index (χ1n) is 3.47. The van der Waals surface area contributed by atoms with Crippen LogP contribution in [0.4, 0.5) is 4.39 Å². The lowest BCUT2D eigenvalue weighted by Crippen LogP contribution is -2.08. The molecule has 5 heteroatoms. The molecule has 0 radical (unpaired) electrons. The lowest BCUT2D eigenvalue weighted by molar-refractivity contribution is 0.0590. The van der Waals surface area contributed by atoms with Crippen molar-refractivity contribution in [3.8, 4) is 5.75 Å². The fraction of sp³-hybridized carbons (Fsp3) is 0.250. The Morgan fingerprint density at radius 3 is 2.77 bits per heavy atom. The van der Waals surface area contributed by atoms with E-state index in [0.29, 0.717) is 0 Å². The van der Waals surface area contributed by atoms with Gasteiger partial charge in [0.05, 0.1) is 14.2 Å². The minimum Gasteiger partial charge on any atom is -0.496 e. The van der Waals surface area contributed by atoms with Gasteiger partial charge in [0, 0.05) is 6.20 Å². The van der Waals surface area contributed by atoms with E-state index in [2.05, 4.69) is 9.72 Å². The van der Waals surface area contributed by atoms with Crippen LogP contribution in [-0.4, -0.2) is 25.2 Å². The molecule has 0 amide bonds. The number of esters is 1. The molecule has 1 aromatic rings. The van der Waals surface area contributed by atoms with Crippen molar-refractivity contribution in [3.05, 3.63) is 23.8 Å².